The van der Waals surface area contributed by atoms with E-state index in [0.717, 1.165) is 44.4 Å². The Morgan fingerprint density at radius 2 is 1.63 bits per heavy atom. The molecule has 1 atom stereocenters. The molecule has 0 radical (unpaired) electrons. The highest BCUT2D eigenvalue weighted by Gasteiger charge is 2.35. The van der Waals surface area contributed by atoms with Gasteiger partial charge in [-0.1, -0.05) is 67.1 Å². The maximum Gasteiger partial charge on any atom is 0.416 e. The van der Waals surface area contributed by atoms with Crippen molar-refractivity contribution in [1.29, 1.82) is 0 Å². The molecular formula is C27H31Cl3F3N3O4S. The number of halogens is 6. The van der Waals surface area contributed by atoms with E-state index in [9.17, 15) is 31.2 Å². The number of nitrogens with one attached hydrogen (secondary N) is 1. The second kappa shape index (κ2) is 13.8. The van der Waals surface area contributed by atoms with Gasteiger partial charge < -0.3 is 10.2 Å². The largest absolute Gasteiger partial charge is 0.416 e. The van der Waals surface area contributed by atoms with Crippen LogP contribution in [0.1, 0.15) is 56.6 Å². The molecule has 2 aromatic carbocycles. The van der Waals surface area contributed by atoms with Gasteiger partial charge in [-0.25, -0.2) is 8.42 Å². The van der Waals surface area contributed by atoms with E-state index in [4.69, 9.17) is 34.8 Å². The van der Waals surface area contributed by atoms with Crippen molar-refractivity contribution >= 4 is 62.3 Å². The molecule has 0 saturated heterocycles. The Bertz CT molecular complexity index is 1370. The SMILES string of the molecule is CC[C@@H](C(=O)NC1CCCCC1)N(Cc1ccc(Cl)c(Cl)c1)C(=O)CN(c1cc(C(F)(F)F)ccc1Cl)S(C)(=O)=O. The first-order chi connectivity index (χ1) is 19.1. The fourth-order valence-electron chi connectivity index (χ4n) is 4.77. The van der Waals surface area contributed by atoms with Crippen molar-refractivity contribution in [1.82, 2.24) is 10.2 Å². The third-order valence-electron chi connectivity index (χ3n) is 6.90. The number of benzene rings is 2. The van der Waals surface area contributed by atoms with Crippen LogP contribution in [0.25, 0.3) is 0 Å². The third-order valence-corrected chi connectivity index (χ3v) is 9.08. The molecule has 0 unspecified atom stereocenters. The Labute approximate surface area is 253 Å². The molecule has 2 amide bonds. The van der Waals surface area contributed by atoms with Crippen LogP contribution in [0.3, 0.4) is 0 Å². The van der Waals surface area contributed by atoms with Crippen LogP contribution in [0, 0.1) is 0 Å². The number of anilines is 1. The molecule has 0 bridgehead atoms. The van der Waals surface area contributed by atoms with Crippen LogP contribution >= 0.6 is 34.8 Å². The number of alkyl halides is 3. The number of nitrogens with zero attached hydrogens (tertiary/aromatic N) is 2. The monoisotopic (exact) mass is 655 g/mol. The van der Waals surface area contributed by atoms with Crippen molar-refractivity contribution in [2.75, 3.05) is 17.1 Å². The zero-order valence-electron chi connectivity index (χ0n) is 22.5. The molecule has 1 N–H and O–H groups in total. The van der Waals surface area contributed by atoms with Crippen molar-refractivity contribution in [2.24, 2.45) is 0 Å². The average Bonchev–Trinajstić information content (AvgIpc) is 2.89. The van der Waals surface area contributed by atoms with Crippen molar-refractivity contribution < 1.29 is 31.2 Å². The van der Waals surface area contributed by atoms with E-state index in [1.165, 1.54) is 17.0 Å². The van der Waals surface area contributed by atoms with E-state index in [-0.39, 0.29) is 34.1 Å². The van der Waals surface area contributed by atoms with Crippen molar-refractivity contribution in [2.45, 2.75) is 70.3 Å². The maximum absolute atomic E-state index is 13.8. The van der Waals surface area contributed by atoms with Gasteiger partial charge in [-0.15, -0.1) is 0 Å². The van der Waals surface area contributed by atoms with Gasteiger partial charge in [0.15, 0.2) is 0 Å². The smallest absolute Gasteiger partial charge is 0.352 e. The lowest BCUT2D eigenvalue weighted by Crippen LogP contribution is -2.54. The number of amides is 2. The minimum absolute atomic E-state index is 0.0522. The van der Waals surface area contributed by atoms with Gasteiger partial charge in [0.2, 0.25) is 21.8 Å². The highest BCUT2D eigenvalue weighted by molar-refractivity contribution is 7.92. The van der Waals surface area contributed by atoms with E-state index in [0.29, 0.717) is 22.0 Å². The first kappa shape index (κ1) is 33.3. The standard InChI is InChI=1S/C27H31Cl3F3N3O4S/c1-3-23(26(38)34-19-7-5-4-6-8-19)35(15-17-9-11-20(28)22(30)13-17)25(37)16-36(41(2,39)40)24-14-18(27(31,32)33)10-12-21(24)29/h9-14,19,23H,3-8,15-16H2,1-2H3,(H,34,38)/t23-/m0/s1. The molecule has 41 heavy (non-hydrogen) atoms. The maximum atomic E-state index is 13.8. The summed E-state index contributed by atoms with van der Waals surface area (Å²) < 4.78 is 66.4. The lowest BCUT2D eigenvalue weighted by atomic mass is 9.95. The fourth-order valence-corrected chi connectivity index (χ4v) is 6.22. The molecule has 0 spiro atoms. The summed E-state index contributed by atoms with van der Waals surface area (Å²) >= 11 is 18.3. The van der Waals surface area contributed by atoms with Crippen LogP contribution in [-0.2, 0) is 32.3 Å². The average molecular weight is 657 g/mol. The molecule has 3 rings (SSSR count). The van der Waals surface area contributed by atoms with E-state index < -0.39 is 51.9 Å². The first-order valence-electron chi connectivity index (χ1n) is 13.0. The summed E-state index contributed by atoms with van der Waals surface area (Å²) in [6, 6.07) is 5.81. The van der Waals surface area contributed by atoms with Crippen molar-refractivity contribution in [3.8, 4) is 0 Å². The summed E-state index contributed by atoms with van der Waals surface area (Å²) in [4.78, 5) is 28.5. The molecule has 0 heterocycles. The van der Waals surface area contributed by atoms with Crippen LogP contribution < -0.4 is 9.62 Å². The van der Waals surface area contributed by atoms with Gasteiger partial charge in [0.05, 0.1) is 32.6 Å². The number of hydrogen-bond donors (Lipinski definition) is 1. The quantitative estimate of drug-likeness (QED) is 0.309. The van der Waals surface area contributed by atoms with Crippen LogP contribution in [0.5, 0.6) is 0 Å². The summed E-state index contributed by atoms with van der Waals surface area (Å²) in [5.41, 5.74) is -1.13. The molecule has 2 aromatic rings. The zero-order chi connectivity index (χ0) is 30.5. The minimum Gasteiger partial charge on any atom is -0.352 e. The second-order valence-electron chi connectivity index (χ2n) is 9.97. The van der Waals surface area contributed by atoms with Crippen LogP contribution in [-0.4, -0.2) is 50.0 Å². The van der Waals surface area contributed by atoms with E-state index >= 15 is 0 Å². The summed E-state index contributed by atoms with van der Waals surface area (Å²) in [6.07, 6.45) is 0.783. The first-order valence-corrected chi connectivity index (χ1v) is 16.0. The van der Waals surface area contributed by atoms with Crippen LogP contribution in [0.4, 0.5) is 18.9 Å². The zero-order valence-corrected chi connectivity index (χ0v) is 25.6. The third kappa shape index (κ3) is 8.89. The lowest BCUT2D eigenvalue weighted by Gasteiger charge is -2.34. The number of carbonyl (C=O) groups is 2. The number of rotatable bonds is 10. The van der Waals surface area contributed by atoms with Crippen molar-refractivity contribution in [3.63, 3.8) is 0 Å². The molecule has 1 aliphatic carbocycles. The number of hydrogen-bond acceptors (Lipinski definition) is 4. The fraction of sp³-hybridized carbons (Fsp3) is 0.481. The molecule has 1 fully saturated rings. The molecule has 0 aliphatic heterocycles. The summed E-state index contributed by atoms with van der Waals surface area (Å²) in [5, 5.41) is 3.19. The van der Waals surface area contributed by atoms with Crippen molar-refractivity contribution in [3.05, 3.63) is 62.6 Å². The second-order valence-corrected chi connectivity index (χ2v) is 13.1. The van der Waals surface area contributed by atoms with Gasteiger partial charge in [-0.3, -0.25) is 13.9 Å². The van der Waals surface area contributed by atoms with E-state index in [1.807, 2.05) is 0 Å². The predicted octanol–water partition coefficient (Wildman–Crippen LogP) is 6.69. The highest BCUT2D eigenvalue weighted by atomic mass is 35.5. The Balaban J connectivity index is 2.00. The van der Waals surface area contributed by atoms with Gasteiger partial charge in [0.1, 0.15) is 12.6 Å². The lowest BCUT2D eigenvalue weighted by molar-refractivity contribution is -0.140. The molecule has 1 aliphatic rings. The predicted molar refractivity (Wildman–Crippen MR) is 155 cm³/mol. The summed E-state index contributed by atoms with van der Waals surface area (Å²) in [5.74, 6) is -1.23. The molecule has 0 aromatic heterocycles. The number of carbonyl (C=O) groups excluding carboxylic acids is 2. The van der Waals surface area contributed by atoms with Crippen LogP contribution in [0.2, 0.25) is 15.1 Å². The van der Waals surface area contributed by atoms with Gasteiger partial charge >= 0.3 is 6.18 Å². The highest BCUT2D eigenvalue weighted by Crippen LogP contribution is 2.36. The molecule has 7 nitrogen and oxygen atoms in total. The normalized spacial score (nSPS) is 15.3. The molecule has 14 heteroatoms. The Morgan fingerprint density at radius 1 is 1.00 bits per heavy atom. The van der Waals surface area contributed by atoms with Gasteiger partial charge in [-0.05, 0) is 55.2 Å². The minimum atomic E-state index is -4.78. The Kier molecular flexibility index (Phi) is 11.2. The molecular weight excluding hydrogens is 626 g/mol. The Hall–Kier alpha value is -2.21. The topological polar surface area (TPSA) is 86.8 Å². The number of sulfonamides is 1. The Morgan fingerprint density at radius 3 is 2.20 bits per heavy atom. The summed E-state index contributed by atoms with van der Waals surface area (Å²) in [7, 11) is -4.30. The van der Waals surface area contributed by atoms with Crippen LogP contribution in [0.15, 0.2) is 36.4 Å². The van der Waals surface area contributed by atoms with E-state index in [2.05, 4.69) is 5.32 Å². The van der Waals surface area contributed by atoms with Gasteiger partial charge in [0.25, 0.3) is 0 Å². The molecule has 1 saturated carbocycles. The van der Waals surface area contributed by atoms with Gasteiger partial charge in [0, 0.05) is 12.6 Å². The summed E-state index contributed by atoms with van der Waals surface area (Å²) in [6.45, 7) is 0.673. The molecule has 226 valence electrons. The van der Waals surface area contributed by atoms with E-state index in [1.54, 1.807) is 13.0 Å². The van der Waals surface area contributed by atoms with Gasteiger partial charge in [-0.2, -0.15) is 13.2 Å².